The summed E-state index contributed by atoms with van der Waals surface area (Å²) in [5, 5.41) is 8.31. The number of carboxylic acid groups (broad SMARTS) is 1. The summed E-state index contributed by atoms with van der Waals surface area (Å²) in [6.45, 7) is 0. The van der Waals surface area contributed by atoms with Crippen molar-refractivity contribution in [1.82, 2.24) is 9.97 Å². The van der Waals surface area contributed by atoms with Crippen LogP contribution >= 0.6 is 0 Å². The molecule has 0 aliphatic rings. The zero-order chi connectivity index (χ0) is 8.43. The number of hydrogen-bond acceptors (Lipinski definition) is 3. The first-order valence-corrected chi connectivity index (χ1v) is 2.66. The fraction of sp³-hybridized carbons (Fsp3) is 0. The largest absolute Gasteiger partial charge is 1.00 e. The van der Waals surface area contributed by atoms with Gasteiger partial charge >= 0.3 is 63.0 Å². The van der Waals surface area contributed by atoms with Crippen LogP contribution in [0.5, 0.6) is 0 Å². The second kappa shape index (κ2) is 4.72. The van der Waals surface area contributed by atoms with E-state index < -0.39 is 22.9 Å². The summed E-state index contributed by atoms with van der Waals surface area (Å²) in [7, 11) is 0. The Labute approximate surface area is 110 Å². The number of aromatic amines is 2. The van der Waals surface area contributed by atoms with Crippen molar-refractivity contribution in [2.24, 2.45) is 0 Å². The molecule has 0 aliphatic heterocycles. The number of hydrogen-bond donors (Lipinski definition) is 3. The average Bonchev–Trinajstić information content (AvgIpc) is 1.85. The molecular weight excluding hydrogens is 191 g/mol. The molecule has 0 radical (unpaired) electrons. The maximum atomic E-state index is 10.5. The summed E-state index contributed by atoms with van der Waals surface area (Å²) in [6.07, 6.45) is 0. The molecule has 7 heteroatoms. The van der Waals surface area contributed by atoms with E-state index in [2.05, 4.69) is 0 Å². The number of carbonyl (C=O) groups is 1. The van der Waals surface area contributed by atoms with E-state index in [-0.39, 0.29) is 52.8 Å². The first-order chi connectivity index (χ1) is 5.09. The monoisotopic (exact) mass is 196 g/mol. The van der Waals surface area contributed by atoms with Crippen LogP contribution in [0.15, 0.2) is 15.7 Å². The zero-order valence-corrected chi connectivity index (χ0v) is 9.37. The molecular formula is C5H5KN2O4. The summed E-state index contributed by atoms with van der Waals surface area (Å²) < 4.78 is 0. The first kappa shape index (κ1) is 11.8. The van der Waals surface area contributed by atoms with Crippen molar-refractivity contribution >= 4 is 5.97 Å². The molecule has 0 atom stereocenters. The van der Waals surface area contributed by atoms with Gasteiger partial charge in [0.05, 0.1) is 0 Å². The van der Waals surface area contributed by atoms with E-state index >= 15 is 0 Å². The maximum Gasteiger partial charge on any atom is 1.00 e. The quantitative estimate of drug-likeness (QED) is 0.397. The molecule has 0 aliphatic carbocycles. The Hall–Kier alpha value is -0.214. The van der Waals surface area contributed by atoms with Gasteiger partial charge in [-0.1, -0.05) is 0 Å². The predicted molar refractivity (Wildman–Crippen MR) is 35.8 cm³/mol. The third kappa shape index (κ3) is 3.03. The summed E-state index contributed by atoms with van der Waals surface area (Å²) >= 11 is 0. The van der Waals surface area contributed by atoms with Crippen molar-refractivity contribution in [3.63, 3.8) is 0 Å². The van der Waals surface area contributed by atoms with Crippen molar-refractivity contribution in [1.29, 1.82) is 0 Å². The molecule has 1 aromatic heterocycles. The van der Waals surface area contributed by atoms with Gasteiger partial charge in [0.1, 0.15) is 5.69 Å². The van der Waals surface area contributed by atoms with Gasteiger partial charge in [0, 0.05) is 6.07 Å². The standard InChI is InChI=1S/C5H4N2O4.K.H/c8-3-1-2(4(9)10)6-5(11)7-3;;/h1H,(H,9,10)(H2,6,7,8,11);;/q;+1;-1. The van der Waals surface area contributed by atoms with E-state index in [1.165, 1.54) is 0 Å². The summed E-state index contributed by atoms with van der Waals surface area (Å²) in [5.41, 5.74) is -1.97. The number of aromatic carboxylic acids is 1. The van der Waals surface area contributed by atoms with Crippen LogP contribution in [0.3, 0.4) is 0 Å². The maximum absolute atomic E-state index is 10.5. The van der Waals surface area contributed by atoms with E-state index in [0.717, 1.165) is 6.07 Å². The van der Waals surface area contributed by atoms with Crippen LogP contribution in [0.1, 0.15) is 11.9 Å². The molecule has 6 nitrogen and oxygen atoms in total. The van der Waals surface area contributed by atoms with Crippen molar-refractivity contribution in [3.05, 3.63) is 32.6 Å². The van der Waals surface area contributed by atoms with Gasteiger partial charge in [0.15, 0.2) is 0 Å². The van der Waals surface area contributed by atoms with Crippen molar-refractivity contribution in [2.45, 2.75) is 0 Å². The SMILES string of the molecule is O=C(O)c1cc(=O)[nH]c(=O)[nH]1.[H-].[K+]. The molecule has 0 fully saturated rings. The topological polar surface area (TPSA) is 103 Å². The average molecular weight is 196 g/mol. The predicted octanol–water partition coefficient (Wildman–Crippen LogP) is -4.12. The fourth-order valence-corrected chi connectivity index (χ4v) is 0.584. The third-order valence-corrected chi connectivity index (χ3v) is 0.991. The Morgan fingerprint density at radius 1 is 1.42 bits per heavy atom. The molecule has 0 saturated heterocycles. The van der Waals surface area contributed by atoms with Crippen molar-refractivity contribution in [3.8, 4) is 0 Å². The summed E-state index contributed by atoms with van der Waals surface area (Å²) in [4.78, 5) is 34.9. The number of nitrogens with one attached hydrogen (secondary N) is 2. The second-order valence-electron chi connectivity index (χ2n) is 1.81. The smallest absolute Gasteiger partial charge is 1.00 e. The Kier molecular flexibility index (Phi) is 4.64. The van der Waals surface area contributed by atoms with Gasteiger partial charge in [-0.05, 0) is 0 Å². The summed E-state index contributed by atoms with van der Waals surface area (Å²) in [6, 6.07) is 0.795. The molecule has 1 heterocycles. The Balaban J connectivity index is 0. The molecule has 0 bridgehead atoms. The van der Waals surface area contributed by atoms with Crippen LogP contribution in [0.25, 0.3) is 0 Å². The van der Waals surface area contributed by atoms with Gasteiger partial charge in [0.2, 0.25) is 0 Å². The van der Waals surface area contributed by atoms with Crippen molar-refractivity contribution < 1.29 is 62.7 Å². The van der Waals surface area contributed by atoms with Gasteiger partial charge in [-0.15, -0.1) is 0 Å². The molecule has 0 spiro atoms. The Bertz CT molecular complexity index is 370. The molecule has 0 saturated carbocycles. The first-order valence-electron chi connectivity index (χ1n) is 2.66. The Morgan fingerprint density at radius 3 is 2.42 bits per heavy atom. The Morgan fingerprint density at radius 2 is 2.00 bits per heavy atom. The van der Waals surface area contributed by atoms with Crippen LogP contribution in [-0.2, 0) is 0 Å². The normalized spacial score (nSPS) is 8.67. The molecule has 1 aromatic rings. The van der Waals surface area contributed by atoms with Crippen LogP contribution in [0, 0.1) is 0 Å². The number of carboxylic acids is 1. The van der Waals surface area contributed by atoms with E-state index in [9.17, 15) is 14.4 Å². The number of aromatic nitrogens is 2. The van der Waals surface area contributed by atoms with Gasteiger partial charge in [0.25, 0.3) is 5.56 Å². The van der Waals surface area contributed by atoms with Gasteiger partial charge in [-0.2, -0.15) is 0 Å². The molecule has 1 rings (SSSR count). The van der Waals surface area contributed by atoms with Crippen LogP contribution in [-0.4, -0.2) is 21.0 Å². The van der Waals surface area contributed by atoms with E-state index in [1.807, 2.05) is 9.97 Å². The molecule has 0 unspecified atom stereocenters. The molecule has 0 aromatic carbocycles. The van der Waals surface area contributed by atoms with Gasteiger partial charge in [-0.25, -0.2) is 9.59 Å². The van der Waals surface area contributed by atoms with Crippen LogP contribution < -0.4 is 62.6 Å². The van der Waals surface area contributed by atoms with Crippen LogP contribution in [0.2, 0.25) is 0 Å². The molecule has 12 heavy (non-hydrogen) atoms. The third-order valence-electron chi connectivity index (χ3n) is 0.991. The molecule has 0 amide bonds. The van der Waals surface area contributed by atoms with Crippen molar-refractivity contribution in [2.75, 3.05) is 0 Å². The van der Waals surface area contributed by atoms with E-state index in [4.69, 9.17) is 5.11 Å². The minimum absolute atomic E-state index is 0. The molecule has 60 valence electrons. The second-order valence-corrected chi connectivity index (χ2v) is 1.81. The van der Waals surface area contributed by atoms with Crippen LogP contribution in [0.4, 0.5) is 0 Å². The van der Waals surface area contributed by atoms with E-state index in [1.54, 1.807) is 0 Å². The summed E-state index contributed by atoms with van der Waals surface area (Å²) in [5.74, 6) is -1.34. The minimum atomic E-state index is -1.34. The van der Waals surface area contributed by atoms with Gasteiger partial charge < -0.3 is 11.5 Å². The number of H-pyrrole nitrogens is 2. The fourth-order valence-electron chi connectivity index (χ4n) is 0.584. The number of rotatable bonds is 1. The minimum Gasteiger partial charge on any atom is -1.00 e. The zero-order valence-electron chi connectivity index (χ0n) is 7.25. The van der Waals surface area contributed by atoms with Gasteiger partial charge in [-0.3, -0.25) is 9.78 Å². The molecule has 3 N–H and O–H groups in total. The van der Waals surface area contributed by atoms with E-state index in [0.29, 0.717) is 0 Å².